The molecule has 2 heterocycles. The van der Waals surface area contributed by atoms with Crippen LogP contribution in [0.3, 0.4) is 0 Å². The average Bonchev–Trinajstić information content (AvgIpc) is 3.11. The van der Waals surface area contributed by atoms with Gasteiger partial charge in [0, 0.05) is 17.9 Å². The monoisotopic (exact) mass is 438 g/mol. The number of fused-ring (bicyclic) bond motifs is 1. The number of hydrogen-bond acceptors (Lipinski definition) is 4. The van der Waals surface area contributed by atoms with Crippen LogP contribution in [0.15, 0.2) is 54.6 Å². The number of nitrogens with zero attached hydrogens (tertiary/aromatic N) is 3. The van der Waals surface area contributed by atoms with E-state index in [0.717, 1.165) is 28.2 Å². The van der Waals surface area contributed by atoms with Gasteiger partial charge in [0.25, 0.3) is 0 Å². The van der Waals surface area contributed by atoms with Crippen LogP contribution in [0.2, 0.25) is 0 Å². The molecular weight excluding hydrogens is 412 g/mol. The lowest BCUT2D eigenvalue weighted by Crippen LogP contribution is -2.51. The van der Waals surface area contributed by atoms with Crippen molar-refractivity contribution in [1.82, 2.24) is 14.1 Å². The third kappa shape index (κ3) is 4.26. The van der Waals surface area contributed by atoms with Crippen LogP contribution in [0.4, 0.5) is 5.69 Å². The highest BCUT2D eigenvalue weighted by Gasteiger charge is 2.37. The SMILES string of the molecule is CCS(=O)(=O)N1Cc2ccccc2CC1C(=O)Nc1ccc(-n2nc(C)cc2C)cc1. The molecule has 0 bridgehead atoms. The number of nitrogens with one attached hydrogen (secondary N) is 1. The fraction of sp³-hybridized carbons (Fsp3) is 0.304. The Bertz CT molecular complexity index is 1220. The molecule has 7 nitrogen and oxygen atoms in total. The molecule has 1 amide bonds. The Balaban J connectivity index is 1.57. The zero-order valence-corrected chi connectivity index (χ0v) is 18.7. The first-order valence-electron chi connectivity index (χ1n) is 10.3. The van der Waals surface area contributed by atoms with Crippen molar-refractivity contribution in [2.75, 3.05) is 11.1 Å². The molecule has 0 aliphatic carbocycles. The molecule has 8 heteroatoms. The fourth-order valence-corrected chi connectivity index (χ4v) is 5.21. The number of hydrogen-bond donors (Lipinski definition) is 1. The summed E-state index contributed by atoms with van der Waals surface area (Å²) in [5.41, 5.74) is 5.41. The van der Waals surface area contributed by atoms with E-state index >= 15 is 0 Å². The number of carbonyl (C=O) groups is 1. The number of sulfonamides is 1. The van der Waals surface area contributed by atoms with Gasteiger partial charge in [0.05, 0.1) is 17.1 Å². The van der Waals surface area contributed by atoms with Gasteiger partial charge in [0.2, 0.25) is 15.9 Å². The predicted octanol–water partition coefficient (Wildman–Crippen LogP) is 3.20. The minimum absolute atomic E-state index is 0.0454. The Morgan fingerprint density at radius 1 is 1.10 bits per heavy atom. The molecule has 0 radical (unpaired) electrons. The van der Waals surface area contributed by atoms with E-state index in [9.17, 15) is 13.2 Å². The van der Waals surface area contributed by atoms with E-state index in [4.69, 9.17) is 0 Å². The highest BCUT2D eigenvalue weighted by atomic mass is 32.2. The number of amides is 1. The number of carbonyl (C=O) groups excluding carboxylic acids is 1. The summed E-state index contributed by atoms with van der Waals surface area (Å²) < 4.78 is 28.6. The largest absolute Gasteiger partial charge is 0.325 e. The van der Waals surface area contributed by atoms with Crippen molar-refractivity contribution in [3.05, 3.63) is 77.1 Å². The number of benzene rings is 2. The molecule has 1 aliphatic heterocycles. The second kappa shape index (κ2) is 8.28. The van der Waals surface area contributed by atoms with E-state index in [0.29, 0.717) is 12.1 Å². The van der Waals surface area contributed by atoms with Gasteiger partial charge in [0.15, 0.2) is 0 Å². The summed E-state index contributed by atoms with van der Waals surface area (Å²) >= 11 is 0. The summed E-state index contributed by atoms with van der Waals surface area (Å²) in [5.74, 6) is -0.374. The molecule has 1 atom stereocenters. The van der Waals surface area contributed by atoms with Crippen molar-refractivity contribution in [1.29, 1.82) is 0 Å². The summed E-state index contributed by atoms with van der Waals surface area (Å²) in [6, 6.07) is 16.3. The van der Waals surface area contributed by atoms with Gasteiger partial charge >= 0.3 is 0 Å². The van der Waals surface area contributed by atoms with Crippen LogP contribution < -0.4 is 5.32 Å². The molecular formula is C23H26N4O3S. The molecule has 1 aliphatic rings. The average molecular weight is 439 g/mol. The van der Waals surface area contributed by atoms with Gasteiger partial charge in [-0.25, -0.2) is 13.1 Å². The van der Waals surface area contributed by atoms with Crippen molar-refractivity contribution in [3.8, 4) is 5.69 Å². The Labute approximate surface area is 182 Å². The van der Waals surface area contributed by atoms with E-state index in [2.05, 4.69) is 10.4 Å². The Kier molecular flexibility index (Phi) is 5.68. The van der Waals surface area contributed by atoms with Crippen molar-refractivity contribution < 1.29 is 13.2 Å². The van der Waals surface area contributed by atoms with Crippen LogP contribution >= 0.6 is 0 Å². The van der Waals surface area contributed by atoms with Gasteiger partial charge in [-0.3, -0.25) is 4.79 Å². The standard InChI is InChI=1S/C23H26N4O3S/c1-4-31(29,30)26-15-19-8-6-5-7-18(19)14-22(26)23(28)24-20-9-11-21(12-10-20)27-17(3)13-16(2)25-27/h5-13,22H,4,14-15H2,1-3H3,(H,24,28). The van der Waals surface area contributed by atoms with Crippen LogP contribution in [0.5, 0.6) is 0 Å². The highest BCUT2D eigenvalue weighted by Crippen LogP contribution is 2.27. The summed E-state index contributed by atoms with van der Waals surface area (Å²) in [5, 5.41) is 7.36. The van der Waals surface area contributed by atoms with Crippen molar-refractivity contribution in [3.63, 3.8) is 0 Å². The van der Waals surface area contributed by atoms with Crippen molar-refractivity contribution in [2.24, 2.45) is 0 Å². The molecule has 2 aromatic carbocycles. The lowest BCUT2D eigenvalue weighted by atomic mass is 9.95. The summed E-state index contributed by atoms with van der Waals surface area (Å²) in [6.07, 6.45) is 0.352. The lowest BCUT2D eigenvalue weighted by Gasteiger charge is -2.34. The predicted molar refractivity (Wildman–Crippen MR) is 121 cm³/mol. The maximum Gasteiger partial charge on any atom is 0.243 e. The molecule has 1 unspecified atom stereocenters. The third-order valence-corrected chi connectivity index (χ3v) is 7.45. The van der Waals surface area contributed by atoms with Crippen molar-refractivity contribution >= 4 is 21.6 Å². The molecule has 0 saturated carbocycles. The normalized spacial score (nSPS) is 16.7. The molecule has 3 aromatic rings. The van der Waals surface area contributed by atoms with Gasteiger partial charge in [-0.2, -0.15) is 9.40 Å². The zero-order valence-electron chi connectivity index (χ0n) is 17.9. The summed E-state index contributed by atoms with van der Waals surface area (Å²) in [7, 11) is -3.53. The molecule has 0 saturated heterocycles. The van der Waals surface area contributed by atoms with E-state index in [-0.39, 0.29) is 18.2 Å². The van der Waals surface area contributed by atoms with Crippen LogP contribution in [0.1, 0.15) is 29.4 Å². The Morgan fingerprint density at radius 2 is 1.77 bits per heavy atom. The highest BCUT2D eigenvalue weighted by molar-refractivity contribution is 7.89. The van der Waals surface area contributed by atoms with Crippen LogP contribution in [-0.2, 0) is 27.8 Å². The summed E-state index contributed by atoms with van der Waals surface area (Å²) in [6.45, 7) is 5.74. The summed E-state index contributed by atoms with van der Waals surface area (Å²) in [4.78, 5) is 13.1. The molecule has 162 valence electrons. The minimum Gasteiger partial charge on any atom is -0.325 e. The molecule has 1 aromatic heterocycles. The minimum atomic E-state index is -3.53. The molecule has 31 heavy (non-hydrogen) atoms. The zero-order chi connectivity index (χ0) is 22.2. The quantitative estimate of drug-likeness (QED) is 0.663. The second-order valence-electron chi connectivity index (χ2n) is 7.81. The van der Waals surface area contributed by atoms with Gasteiger partial charge in [-0.05, 0) is 68.7 Å². The lowest BCUT2D eigenvalue weighted by molar-refractivity contribution is -0.120. The van der Waals surface area contributed by atoms with E-state index in [1.807, 2.05) is 61.0 Å². The smallest absolute Gasteiger partial charge is 0.243 e. The van der Waals surface area contributed by atoms with E-state index < -0.39 is 16.1 Å². The third-order valence-electron chi connectivity index (χ3n) is 5.62. The van der Waals surface area contributed by atoms with Crippen LogP contribution in [-0.4, -0.2) is 40.2 Å². The fourth-order valence-electron chi connectivity index (χ4n) is 3.98. The molecule has 4 rings (SSSR count). The first-order chi connectivity index (χ1) is 14.8. The number of aryl methyl sites for hydroxylation is 2. The van der Waals surface area contributed by atoms with Crippen LogP contribution in [0, 0.1) is 13.8 Å². The van der Waals surface area contributed by atoms with Crippen LogP contribution in [0.25, 0.3) is 5.69 Å². The Hall–Kier alpha value is -2.97. The van der Waals surface area contributed by atoms with Gasteiger partial charge in [0.1, 0.15) is 6.04 Å². The maximum absolute atomic E-state index is 13.1. The number of anilines is 1. The van der Waals surface area contributed by atoms with Gasteiger partial charge in [-0.15, -0.1) is 0 Å². The van der Waals surface area contributed by atoms with Gasteiger partial charge < -0.3 is 5.32 Å². The van der Waals surface area contributed by atoms with Gasteiger partial charge in [-0.1, -0.05) is 24.3 Å². The molecule has 0 fully saturated rings. The van der Waals surface area contributed by atoms with E-state index in [1.165, 1.54) is 4.31 Å². The topological polar surface area (TPSA) is 84.3 Å². The maximum atomic E-state index is 13.1. The number of rotatable bonds is 5. The molecule has 1 N–H and O–H groups in total. The first kappa shape index (κ1) is 21.3. The first-order valence-corrected chi connectivity index (χ1v) is 11.9. The molecule has 0 spiro atoms. The number of aromatic nitrogens is 2. The second-order valence-corrected chi connectivity index (χ2v) is 10.0. The Morgan fingerprint density at radius 3 is 2.39 bits per heavy atom. The van der Waals surface area contributed by atoms with Crippen molar-refractivity contribution in [2.45, 2.75) is 39.8 Å². The van der Waals surface area contributed by atoms with E-state index in [1.54, 1.807) is 19.1 Å².